The smallest absolute Gasteiger partial charge is 0.170 e. The van der Waals surface area contributed by atoms with Gasteiger partial charge in [-0.15, -0.1) is 0 Å². The van der Waals surface area contributed by atoms with E-state index in [9.17, 15) is 0 Å². The lowest BCUT2D eigenvalue weighted by Gasteiger charge is -2.15. The van der Waals surface area contributed by atoms with Gasteiger partial charge in [0, 0.05) is 12.8 Å². The number of hydrogen-bond donors (Lipinski definition) is 1. The van der Waals surface area contributed by atoms with Gasteiger partial charge in [-0.05, 0) is 26.7 Å². The second-order valence-corrected chi connectivity index (χ2v) is 6.07. The van der Waals surface area contributed by atoms with Gasteiger partial charge in [-0.25, -0.2) is 0 Å². The molecule has 0 atom stereocenters. The van der Waals surface area contributed by atoms with E-state index in [1.54, 1.807) is 0 Å². The monoisotopic (exact) mass is 278 g/mol. The molecule has 0 aliphatic heterocycles. The predicted octanol–water partition coefficient (Wildman–Crippen LogP) is 4.48. The minimum absolute atomic E-state index is 0.346. The van der Waals surface area contributed by atoms with Crippen molar-refractivity contribution in [2.45, 2.75) is 65.2 Å². The first kappa shape index (κ1) is 18.3. The van der Waals surface area contributed by atoms with Gasteiger partial charge in [0.05, 0.1) is 13.2 Å². The molecule has 3 nitrogen and oxygen atoms in total. The average molecular weight is 278 g/mol. The van der Waals surface area contributed by atoms with Crippen LogP contribution in [0.25, 0.3) is 0 Å². The molecule has 0 aliphatic carbocycles. The summed E-state index contributed by atoms with van der Waals surface area (Å²) in [5.74, 6) is 0. The summed E-state index contributed by atoms with van der Waals surface area (Å²) in [6.07, 6.45) is 11.0. The number of hydrogen-bond acceptors (Lipinski definition) is 3. The van der Waals surface area contributed by atoms with E-state index in [2.05, 4.69) is 0 Å². The summed E-state index contributed by atoms with van der Waals surface area (Å²) >= 11 is 0. The molecule has 0 rings (SSSR count). The highest BCUT2D eigenvalue weighted by Gasteiger charge is 2.07. The quantitative estimate of drug-likeness (QED) is 0.376. The van der Waals surface area contributed by atoms with Gasteiger partial charge in [0.1, 0.15) is 0 Å². The minimum Gasteiger partial charge on any atom is -0.396 e. The van der Waals surface area contributed by atoms with Crippen LogP contribution in [-0.2, 0) is 9.05 Å². The van der Waals surface area contributed by atoms with Gasteiger partial charge in [-0.2, -0.15) is 0 Å². The van der Waals surface area contributed by atoms with Crippen molar-refractivity contribution in [2.75, 3.05) is 26.0 Å². The van der Waals surface area contributed by atoms with Gasteiger partial charge in [0.15, 0.2) is 8.38 Å². The topological polar surface area (TPSA) is 38.7 Å². The lowest BCUT2D eigenvalue weighted by molar-refractivity contribution is 0.268. The van der Waals surface area contributed by atoms with Crippen molar-refractivity contribution in [3.63, 3.8) is 0 Å². The Balaban J connectivity index is 3.21. The Labute approximate surface area is 114 Å². The molecule has 4 heteroatoms. The molecule has 0 bridgehead atoms. The standard InChI is InChI=1S/C14H31O3P/c1-3-16-18(17-4-2)14-12-10-8-6-5-7-9-11-13-15/h15H,3-14H2,1-2H3. The van der Waals surface area contributed by atoms with Crippen LogP contribution in [0.1, 0.15) is 65.2 Å². The fourth-order valence-corrected chi connectivity index (χ4v) is 3.26. The Morgan fingerprint density at radius 1 is 0.722 bits per heavy atom. The summed E-state index contributed by atoms with van der Waals surface area (Å²) in [7, 11) is -0.621. The molecule has 0 aliphatic rings. The van der Waals surface area contributed by atoms with Crippen molar-refractivity contribution in [2.24, 2.45) is 0 Å². The maximum atomic E-state index is 8.66. The minimum atomic E-state index is -0.621. The van der Waals surface area contributed by atoms with Gasteiger partial charge in [0.25, 0.3) is 0 Å². The van der Waals surface area contributed by atoms with E-state index in [0.29, 0.717) is 6.61 Å². The predicted molar refractivity (Wildman–Crippen MR) is 79.1 cm³/mol. The highest BCUT2D eigenvalue weighted by Crippen LogP contribution is 2.38. The summed E-state index contributed by atoms with van der Waals surface area (Å²) in [4.78, 5) is 0. The molecule has 0 amide bonds. The zero-order valence-corrected chi connectivity index (χ0v) is 13.1. The Bertz CT molecular complexity index is 150. The van der Waals surface area contributed by atoms with E-state index in [1.807, 2.05) is 13.8 Å². The van der Waals surface area contributed by atoms with Gasteiger partial charge in [-0.1, -0.05) is 38.5 Å². The molecule has 0 aromatic heterocycles. The lowest BCUT2D eigenvalue weighted by Crippen LogP contribution is -1.95. The van der Waals surface area contributed by atoms with E-state index >= 15 is 0 Å². The fourth-order valence-electron chi connectivity index (χ4n) is 1.87. The second-order valence-electron chi connectivity index (χ2n) is 4.44. The molecule has 0 fully saturated rings. The van der Waals surface area contributed by atoms with Crippen LogP contribution in [-0.4, -0.2) is 31.1 Å². The molecule has 0 radical (unpaired) electrons. The van der Waals surface area contributed by atoms with Crippen LogP contribution < -0.4 is 0 Å². The van der Waals surface area contributed by atoms with E-state index < -0.39 is 8.38 Å². The largest absolute Gasteiger partial charge is 0.396 e. The van der Waals surface area contributed by atoms with Gasteiger partial charge in [0.2, 0.25) is 0 Å². The molecule has 0 saturated heterocycles. The average Bonchev–Trinajstić information content (AvgIpc) is 2.37. The highest BCUT2D eigenvalue weighted by atomic mass is 31.2. The summed E-state index contributed by atoms with van der Waals surface area (Å²) in [5, 5.41) is 8.66. The van der Waals surface area contributed by atoms with Crippen LogP contribution in [0.5, 0.6) is 0 Å². The van der Waals surface area contributed by atoms with Crippen molar-refractivity contribution in [1.82, 2.24) is 0 Å². The van der Waals surface area contributed by atoms with Gasteiger partial charge in [-0.3, -0.25) is 0 Å². The first-order valence-electron chi connectivity index (χ1n) is 7.49. The third-order valence-electron chi connectivity index (χ3n) is 2.79. The highest BCUT2D eigenvalue weighted by molar-refractivity contribution is 7.47. The van der Waals surface area contributed by atoms with Crippen LogP contribution >= 0.6 is 8.38 Å². The van der Waals surface area contributed by atoms with E-state index in [1.165, 1.54) is 44.9 Å². The molecule has 110 valence electrons. The first-order valence-corrected chi connectivity index (χ1v) is 8.85. The maximum absolute atomic E-state index is 8.66. The Hall–Kier alpha value is 0.310. The number of aliphatic hydroxyl groups is 1. The van der Waals surface area contributed by atoms with Gasteiger partial charge < -0.3 is 14.2 Å². The fraction of sp³-hybridized carbons (Fsp3) is 1.00. The lowest BCUT2D eigenvalue weighted by atomic mass is 10.1. The maximum Gasteiger partial charge on any atom is 0.170 e. The van der Waals surface area contributed by atoms with Crippen molar-refractivity contribution in [1.29, 1.82) is 0 Å². The van der Waals surface area contributed by atoms with Crippen LogP contribution in [0.4, 0.5) is 0 Å². The molecule has 0 spiro atoms. The molecule has 0 saturated carbocycles. The van der Waals surface area contributed by atoms with Crippen LogP contribution in [0, 0.1) is 0 Å². The molecule has 0 unspecified atom stereocenters. The summed E-state index contributed by atoms with van der Waals surface area (Å²) in [6.45, 7) is 5.92. The van der Waals surface area contributed by atoms with Crippen molar-refractivity contribution in [3.05, 3.63) is 0 Å². The zero-order valence-electron chi connectivity index (χ0n) is 12.2. The van der Waals surface area contributed by atoms with E-state index in [-0.39, 0.29) is 0 Å². The Kier molecular flexibility index (Phi) is 15.6. The third kappa shape index (κ3) is 12.8. The number of unbranched alkanes of at least 4 members (excludes halogenated alkanes) is 7. The Morgan fingerprint density at radius 3 is 1.61 bits per heavy atom. The van der Waals surface area contributed by atoms with E-state index in [0.717, 1.165) is 25.8 Å². The third-order valence-corrected chi connectivity index (χ3v) is 4.57. The molecule has 0 aromatic carbocycles. The summed E-state index contributed by atoms with van der Waals surface area (Å²) < 4.78 is 11.1. The zero-order chi connectivity index (χ0) is 13.5. The molecular formula is C14H31O3P. The summed E-state index contributed by atoms with van der Waals surface area (Å²) in [5.41, 5.74) is 0. The SMILES string of the molecule is CCOP(CCCCCCCCCCO)OCC. The number of aliphatic hydroxyl groups excluding tert-OH is 1. The van der Waals surface area contributed by atoms with Crippen molar-refractivity contribution in [3.8, 4) is 0 Å². The Morgan fingerprint density at radius 2 is 1.17 bits per heavy atom. The van der Waals surface area contributed by atoms with Crippen LogP contribution in [0.15, 0.2) is 0 Å². The van der Waals surface area contributed by atoms with Crippen molar-refractivity contribution >= 4 is 8.38 Å². The van der Waals surface area contributed by atoms with Crippen LogP contribution in [0.2, 0.25) is 0 Å². The molecule has 0 aromatic rings. The molecule has 0 heterocycles. The molecule has 1 N–H and O–H groups in total. The number of rotatable bonds is 14. The molecule has 18 heavy (non-hydrogen) atoms. The van der Waals surface area contributed by atoms with Crippen LogP contribution in [0.3, 0.4) is 0 Å². The first-order chi connectivity index (χ1) is 8.85. The van der Waals surface area contributed by atoms with Crippen molar-refractivity contribution < 1.29 is 14.2 Å². The molecular weight excluding hydrogens is 247 g/mol. The van der Waals surface area contributed by atoms with E-state index in [4.69, 9.17) is 14.2 Å². The summed E-state index contributed by atoms with van der Waals surface area (Å²) in [6, 6.07) is 0. The van der Waals surface area contributed by atoms with Gasteiger partial charge >= 0.3 is 0 Å². The normalized spacial score (nSPS) is 11.3. The second kappa shape index (κ2) is 15.4.